The Kier molecular flexibility index (Phi) is 8.32. The first-order valence-corrected chi connectivity index (χ1v) is 13.9. The van der Waals surface area contributed by atoms with Gasteiger partial charge in [-0.3, -0.25) is 10.1 Å². The topological polar surface area (TPSA) is 113 Å². The molecule has 3 heterocycles. The van der Waals surface area contributed by atoms with E-state index in [4.69, 9.17) is 4.98 Å². The first kappa shape index (κ1) is 25.9. The van der Waals surface area contributed by atoms with Gasteiger partial charge >= 0.3 is 0 Å². The van der Waals surface area contributed by atoms with Crippen LogP contribution in [0.2, 0.25) is 0 Å². The molecule has 198 valence electrons. The van der Waals surface area contributed by atoms with Gasteiger partial charge in [-0.15, -0.1) is 0 Å². The van der Waals surface area contributed by atoms with E-state index < -0.39 is 0 Å². The summed E-state index contributed by atoms with van der Waals surface area (Å²) >= 11 is 1.37. The van der Waals surface area contributed by atoms with Crippen molar-refractivity contribution in [3.05, 3.63) is 63.7 Å². The number of aryl methyl sites for hydroxylation is 1. The van der Waals surface area contributed by atoms with Crippen molar-refractivity contribution in [1.29, 1.82) is 0 Å². The summed E-state index contributed by atoms with van der Waals surface area (Å²) in [5, 5.41) is 16.1. The van der Waals surface area contributed by atoms with Gasteiger partial charge in [0, 0.05) is 42.7 Å². The van der Waals surface area contributed by atoms with Crippen LogP contribution in [-0.4, -0.2) is 52.3 Å². The van der Waals surface area contributed by atoms with Crippen molar-refractivity contribution in [2.75, 3.05) is 41.4 Å². The second-order valence-corrected chi connectivity index (χ2v) is 10.7. The SMILES string of the molecule is Cc1ccc(Sc2ccc(C=NNc3nc(N4CCCCC4)nc(N4CCCCC4)n3)cc2[N+](=O)[O-])cc1. The number of piperidine rings is 2. The van der Waals surface area contributed by atoms with Crippen LogP contribution in [0.3, 0.4) is 0 Å². The molecule has 2 saturated heterocycles. The van der Waals surface area contributed by atoms with E-state index in [9.17, 15) is 10.1 Å². The maximum atomic E-state index is 11.8. The predicted octanol–water partition coefficient (Wildman–Crippen LogP) is 5.67. The summed E-state index contributed by atoms with van der Waals surface area (Å²) in [4.78, 5) is 31.4. The van der Waals surface area contributed by atoms with Crippen LogP contribution in [0.25, 0.3) is 0 Å². The number of anilines is 3. The first-order valence-electron chi connectivity index (χ1n) is 13.1. The van der Waals surface area contributed by atoms with Crippen molar-refractivity contribution in [3.8, 4) is 0 Å². The molecule has 0 aliphatic carbocycles. The largest absolute Gasteiger partial charge is 0.341 e. The second-order valence-electron chi connectivity index (χ2n) is 9.62. The van der Waals surface area contributed by atoms with Crippen LogP contribution in [0.4, 0.5) is 23.5 Å². The lowest BCUT2D eigenvalue weighted by atomic mass is 10.1. The van der Waals surface area contributed by atoms with E-state index in [1.165, 1.54) is 30.7 Å². The quantitative estimate of drug-likeness (QED) is 0.223. The standard InChI is InChI=1S/C27H32N8O2S/c1-20-8-11-22(12-9-20)38-24-13-10-21(18-23(24)35(36)37)19-28-32-25-29-26(33-14-4-2-5-15-33)31-27(30-25)34-16-6-3-7-17-34/h8-13,18-19H,2-7,14-17H2,1H3,(H,29,30,31,32). The molecule has 0 saturated carbocycles. The number of hydrogen-bond acceptors (Lipinski definition) is 10. The Bertz CT molecular complexity index is 1250. The van der Waals surface area contributed by atoms with E-state index >= 15 is 0 Å². The molecule has 0 amide bonds. The van der Waals surface area contributed by atoms with E-state index in [0.717, 1.165) is 62.3 Å². The van der Waals surface area contributed by atoms with Crippen molar-refractivity contribution in [3.63, 3.8) is 0 Å². The van der Waals surface area contributed by atoms with Crippen LogP contribution in [0, 0.1) is 17.0 Å². The summed E-state index contributed by atoms with van der Waals surface area (Å²) in [7, 11) is 0. The lowest BCUT2D eigenvalue weighted by Gasteiger charge is -2.30. The summed E-state index contributed by atoms with van der Waals surface area (Å²) in [6.07, 6.45) is 8.52. The predicted molar refractivity (Wildman–Crippen MR) is 152 cm³/mol. The van der Waals surface area contributed by atoms with Gasteiger partial charge in [0.2, 0.25) is 17.8 Å². The van der Waals surface area contributed by atoms with Crippen LogP contribution < -0.4 is 15.2 Å². The monoisotopic (exact) mass is 532 g/mol. The van der Waals surface area contributed by atoms with Gasteiger partial charge in [0.05, 0.1) is 16.0 Å². The first-order chi connectivity index (χ1) is 18.5. The molecule has 11 heteroatoms. The van der Waals surface area contributed by atoms with Crippen molar-refractivity contribution in [2.45, 2.75) is 55.2 Å². The van der Waals surface area contributed by atoms with Crippen LogP contribution >= 0.6 is 11.8 Å². The molecular weight excluding hydrogens is 500 g/mol. The molecule has 10 nitrogen and oxygen atoms in total. The molecule has 2 aliphatic heterocycles. The molecule has 2 fully saturated rings. The number of benzene rings is 2. The van der Waals surface area contributed by atoms with E-state index in [-0.39, 0.29) is 10.6 Å². The average molecular weight is 533 g/mol. The van der Waals surface area contributed by atoms with Crippen LogP contribution in [0.1, 0.15) is 49.7 Å². The van der Waals surface area contributed by atoms with Crippen molar-refractivity contribution < 1.29 is 4.92 Å². The van der Waals surface area contributed by atoms with Gasteiger partial charge < -0.3 is 9.80 Å². The van der Waals surface area contributed by atoms with Gasteiger partial charge in [0.15, 0.2) is 0 Å². The highest BCUT2D eigenvalue weighted by atomic mass is 32.2. The Labute approximate surface area is 226 Å². The highest BCUT2D eigenvalue weighted by Gasteiger charge is 2.20. The highest BCUT2D eigenvalue weighted by Crippen LogP contribution is 2.35. The number of rotatable bonds is 8. The van der Waals surface area contributed by atoms with Crippen LogP contribution in [-0.2, 0) is 0 Å². The van der Waals surface area contributed by atoms with Crippen LogP contribution in [0.15, 0.2) is 57.4 Å². The summed E-state index contributed by atoms with van der Waals surface area (Å²) in [6, 6.07) is 13.0. The molecule has 38 heavy (non-hydrogen) atoms. The molecule has 2 aliphatic rings. The minimum absolute atomic E-state index is 0.0412. The molecular formula is C27H32N8O2S. The van der Waals surface area contributed by atoms with E-state index in [2.05, 4.69) is 30.3 Å². The Hall–Kier alpha value is -3.73. The third kappa shape index (κ3) is 6.58. The lowest BCUT2D eigenvalue weighted by Crippen LogP contribution is -2.34. The molecule has 0 unspecified atom stereocenters. The molecule has 1 N–H and O–H groups in total. The maximum absolute atomic E-state index is 11.8. The number of nitrogens with zero attached hydrogens (tertiary/aromatic N) is 7. The van der Waals surface area contributed by atoms with Gasteiger partial charge in [-0.25, -0.2) is 5.43 Å². The minimum atomic E-state index is -0.358. The number of nitro benzene ring substituents is 1. The molecule has 0 atom stereocenters. The Balaban J connectivity index is 1.34. The van der Waals surface area contributed by atoms with Crippen LogP contribution in [0.5, 0.6) is 0 Å². The highest BCUT2D eigenvalue weighted by molar-refractivity contribution is 7.99. The van der Waals surface area contributed by atoms with Gasteiger partial charge in [-0.2, -0.15) is 20.1 Å². The average Bonchev–Trinajstić information content (AvgIpc) is 2.95. The number of nitrogens with one attached hydrogen (secondary N) is 1. The van der Waals surface area contributed by atoms with Gasteiger partial charge in [0.25, 0.3) is 5.69 Å². The van der Waals surface area contributed by atoms with Crippen molar-refractivity contribution in [2.24, 2.45) is 5.10 Å². The second kappa shape index (κ2) is 12.2. The van der Waals surface area contributed by atoms with Gasteiger partial charge in [-0.05, 0) is 63.6 Å². The molecule has 5 rings (SSSR count). The Morgan fingerprint density at radius 1 is 0.895 bits per heavy atom. The molecule has 0 spiro atoms. The fraction of sp³-hybridized carbons (Fsp3) is 0.407. The summed E-state index contributed by atoms with van der Waals surface area (Å²) < 4.78 is 0. The molecule has 3 aromatic rings. The number of hydrogen-bond donors (Lipinski definition) is 1. The summed E-state index contributed by atoms with van der Waals surface area (Å²) in [5.74, 6) is 1.72. The summed E-state index contributed by atoms with van der Waals surface area (Å²) in [6.45, 7) is 5.75. The zero-order valence-corrected chi connectivity index (χ0v) is 22.4. The lowest BCUT2D eigenvalue weighted by molar-refractivity contribution is -0.387. The minimum Gasteiger partial charge on any atom is -0.341 e. The Morgan fingerprint density at radius 3 is 2.08 bits per heavy atom. The zero-order valence-electron chi connectivity index (χ0n) is 21.5. The fourth-order valence-corrected chi connectivity index (χ4v) is 5.52. The maximum Gasteiger partial charge on any atom is 0.283 e. The number of hydrazone groups is 1. The Morgan fingerprint density at radius 2 is 1.50 bits per heavy atom. The molecule has 2 aromatic carbocycles. The number of nitro groups is 1. The van der Waals surface area contributed by atoms with E-state index in [0.29, 0.717) is 28.3 Å². The van der Waals surface area contributed by atoms with Gasteiger partial charge in [-0.1, -0.05) is 35.5 Å². The third-order valence-electron chi connectivity index (χ3n) is 6.70. The third-order valence-corrected chi connectivity index (χ3v) is 7.77. The summed E-state index contributed by atoms with van der Waals surface area (Å²) in [5.41, 5.74) is 4.74. The molecule has 1 aromatic heterocycles. The van der Waals surface area contributed by atoms with E-state index in [1.807, 2.05) is 37.3 Å². The van der Waals surface area contributed by atoms with E-state index in [1.54, 1.807) is 12.3 Å². The fourth-order valence-electron chi connectivity index (χ4n) is 4.62. The smallest absolute Gasteiger partial charge is 0.283 e. The number of aromatic nitrogens is 3. The normalized spacial score (nSPS) is 16.1. The van der Waals surface area contributed by atoms with Crippen molar-refractivity contribution in [1.82, 2.24) is 15.0 Å². The molecule has 0 radical (unpaired) electrons. The zero-order chi connectivity index (χ0) is 26.3. The molecule has 0 bridgehead atoms. The van der Waals surface area contributed by atoms with Crippen molar-refractivity contribution >= 4 is 41.5 Å². The van der Waals surface area contributed by atoms with Gasteiger partial charge in [0.1, 0.15) is 0 Å².